The van der Waals surface area contributed by atoms with E-state index in [1.165, 1.54) is 12.1 Å². The molecule has 1 heterocycles. The van der Waals surface area contributed by atoms with Crippen LogP contribution in [0.4, 0.5) is 11.5 Å². The number of hydrogen-bond donors (Lipinski definition) is 1. The van der Waals surface area contributed by atoms with E-state index in [1.54, 1.807) is 12.1 Å². The molecular formula is C14H13ClN4O2. The van der Waals surface area contributed by atoms with Gasteiger partial charge in [-0.2, -0.15) is 0 Å². The van der Waals surface area contributed by atoms with Crippen LogP contribution in [-0.2, 0) is 6.54 Å². The van der Waals surface area contributed by atoms with E-state index in [4.69, 9.17) is 11.6 Å². The summed E-state index contributed by atoms with van der Waals surface area (Å²) in [6, 6.07) is 8.15. The van der Waals surface area contributed by atoms with Crippen LogP contribution in [0.5, 0.6) is 0 Å². The first-order chi connectivity index (χ1) is 10.1. The number of hydrogen-bond acceptors (Lipinski definition) is 5. The van der Waals surface area contributed by atoms with E-state index >= 15 is 0 Å². The molecule has 108 valence electrons. The van der Waals surface area contributed by atoms with Crippen molar-refractivity contribution in [1.29, 1.82) is 0 Å². The van der Waals surface area contributed by atoms with Gasteiger partial charge in [-0.25, -0.2) is 9.97 Å². The lowest BCUT2D eigenvalue weighted by molar-refractivity contribution is -0.384. The van der Waals surface area contributed by atoms with Gasteiger partial charge in [-0.05, 0) is 18.4 Å². The van der Waals surface area contributed by atoms with Crippen LogP contribution in [0, 0.1) is 10.1 Å². The highest BCUT2D eigenvalue weighted by atomic mass is 35.5. The Morgan fingerprint density at radius 2 is 2.14 bits per heavy atom. The molecular weight excluding hydrogens is 292 g/mol. The molecule has 0 aliphatic heterocycles. The molecule has 2 aromatic rings. The van der Waals surface area contributed by atoms with Gasteiger partial charge < -0.3 is 5.32 Å². The van der Waals surface area contributed by atoms with Crippen molar-refractivity contribution in [2.24, 2.45) is 0 Å². The second-order valence-corrected chi connectivity index (χ2v) is 5.38. The van der Waals surface area contributed by atoms with Gasteiger partial charge in [0.1, 0.15) is 16.8 Å². The predicted octanol–water partition coefficient (Wildman–Crippen LogP) is 3.53. The lowest BCUT2D eigenvalue weighted by Gasteiger charge is -2.07. The van der Waals surface area contributed by atoms with Gasteiger partial charge in [0.2, 0.25) is 0 Å². The minimum atomic E-state index is -0.406. The van der Waals surface area contributed by atoms with Crippen molar-refractivity contribution in [3.8, 4) is 0 Å². The highest BCUT2D eigenvalue weighted by molar-refractivity contribution is 6.29. The Balaban J connectivity index is 1.72. The quantitative estimate of drug-likeness (QED) is 0.519. The molecule has 21 heavy (non-hydrogen) atoms. The van der Waals surface area contributed by atoms with Crippen LogP contribution in [0.3, 0.4) is 0 Å². The topological polar surface area (TPSA) is 81.0 Å². The van der Waals surface area contributed by atoms with E-state index in [1.807, 2.05) is 6.07 Å². The summed E-state index contributed by atoms with van der Waals surface area (Å²) in [5.41, 5.74) is 0.889. The van der Waals surface area contributed by atoms with E-state index < -0.39 is 4.92 Å². The average molecular weight is 305 g/mol. The Kier molecular flexibility index (Phi) is 3.70. The third-order valence-electron chi connectivity index (χ3n) is 3.25. The summed E-state index contributed by atoms with van der Waals surface area (Å²) in [5.74, 6) is 1.83. The zero-order valence-corrected chi connectivity index (χ0v) is 11.9. The molecule has 0 atom stereocenters. The first-order valence-corrected chi connectivity index (χ1v) is 7.01. The Morgan fingerprint density at radius 1 is 1.33 bits per heavy atom. The Labute approximate surface area is 126 Å². The van der Waals surface area contributed by atoms with Crippen LogP contribution in [0.1, 0.15) is 30.1 Å². The molecule has 6 nitrogen and oxygen atoms in total. The zero-order valence-electron chi connectivity index (χ0n) is 11.1. The molecule has 1 saturated carbocycles. The first kappa shape index (κ1) is 13.8. The Morgan fingerprint density at radius 3 is 2.86 bits per heavy atom. The molecule has 0 bridgehead atoms. The maximum absolute atomic E-state index is 10.7. The minimum Gasteiger partial charge on any atom is -0.366 e. The summed E-state index contributed by atoms with van der Waals surface area (Å²) in [6.45, 7) is 0.444. The normalized spacial score (nSPS) is 14.0. The number of aromatic nitrogens is 2. The number of nitrogens with one attached hydrogen (secondary N) is 1. The summed E-state index contributed by atoms with van der Waals surface area (Å²) in [5, 5.41) is 14.3. The molecule has 3 rings (SSSR count). The molecule has 0 spiro atoms. The molecule has 7 heteroatoms. The molecule has 0 amide bonds. The maximum Gasteiger partial charge on any atom is 0.269 e. The van der Waals surface area contributed by atoms with Gasteiger partial charge in [-0.3, -0.25) is 10.1 Å². The maximum atomic E-state index is 10.7. The zero-order chi connectivity index (χ0) is 14.8. The van der Waals surface area contributed by atoms with Crippen molar-refractivity contribution < 1.29 is 4.92 Å². The standard InChI is InChI=1S/C14H13ClN4O2/c15-12-7-13(18-14(17-12)10-4-5-10)16-8-9-2-1-3-11(6-9)19(20)21/h1-3,6-7,10H,4-5,8H2,(H,16,17,18). The molecule has 1 fully saturated rings. The van der Waals surface area contributed by atoms with E-state index in [0.29, 0.717) is 23.4 Å². The number of anilines is 1. The fourth-order valence-corrected chi connectivity index (χ4v) is 2.21. The van der Waals surface area contributed by atoms with Crippen LogP contribution < -0.4 is 5.32 Å². The summed E-state index contributed by atoms with van der Waals surface area (Å²) in [6.07, 6.45) is 2.20. The molecule has 1 aliphatic rings. The van der Waals surface area contributed by atoms with Gasteiger partial charge in [-0.1, -0.05) is 23.7 Å². The molecule has 1 aromatic carbocycles. The number of benzene rings is 1. The number of nitrogens with zero attached hydrogens (tertiary/aromatic N) is 3. The van der Waals surface area contributed by atoms with Gasteiger partial charge in [0.15, 0.2) is 0 Å². The highest BCUT2D eigenvalue weighted by Crippen LogP contribution is 2.38. The number of non-ortho nitro benzene ring substituents is 1. The Bertz CT molecular complexity index is 688. The van der Waals surface area contributed by atoms with Crippen molar-refractivity contribution >= 4 is 23.1 Å². The van der Waals surface area contributed by atoms with Gasteiger partial charge in [-0.15, -0.1) is 0 Å². The molecule has 0 radical (unpaired) electrons. The smallest absolute Gasteiger partial charge is 0.269 e. The summed E-state index contributed by atoms with van der Waals surface area (Å²) >= 11 is 5.99. The van der Waals surface area contributed by atoms with Crippen LogP contribution in [0.25, 0.3) is 0 Å². The fraction of sp³-hybridized carbons (Fsp3) is 0.286. The fourth-order valence-electron chi connectivity index (χ4n) is 2.02. The summed E-state index contributed by atoms with van der Waals surface area (Å²) < 4.78 is 0. The van der Waals surface area contributed by atoms with Gasteiger partial charge in [0.05, 0.1) is 4.92 Å². The summed E-state index contributed by atoms with van der Waals surface area (Å²) in [4.78, 5) is 19.0. The van der Waals surface area contributed by atoms with Gasteiger partial charge >= 0.3 is 0 Å². The SMILES string of the molecule is O=[N+]([O-])c1cccc(CNc2cc(Cl)nc(C3CC3)n2)c1. The minimum absolute atomic E-state index is 0.0775. The number of rotatable bonds is 5. The van der Waals surface area contributed by atoms with E-state index in [-0.39, 0.29) is 5.69 Å². The van der Waals surface area contributed by atoms with Crippen LogP contribution in [-0.4, -0.2) is 14.9 Å². The number of nitro benzene ring substituents is 1. The molecule has 1 aliphatic carbocycles. The van der Waals surface area contributed by atoms with Crippen LogP contribution in [0.15, 0.2) is 30.3 Å². The summed E-state index contributed by atoms with van der Waals surface area (Å²) in [7, 11) is 0. The third-order valence-corrected chi connectivity index (χ3v) is 3.44. The molecule has 0 saturated heterocycles. The van der Waals surface area contributed by atoms with Crippen LogP contribution in [0.2, 0.25) is 5.15 Å². The number of halogens is 1. The predicted molar refractivity (Wildman–Crippen MR) is 79.4 cm³/mol. The monoisotopic (exact) mass is 304 g/mol. The van der Waals surface area contributed by atoms with Crippen molar-refractivity contribution in [1.82, 2.24) is 9.97 Å². The van der Waals surface area contributed by atoms with Gasteiger partial charge in [0.25, 0.3) is 5.69 Å². The molecule has 1 aromatic heterocycles. The first-order valence-electron chi connectivity index (χ1n) is 6.63. The van der Waals surface area contributed by atoms with E-state index in [0.717, 1.165) is 24.2 Å². The largest absolute Gasteiger partial charge is 0.366 e. The van der Waals surface area contributed by atoms with E-state index in [2.05, 4.69) is 15.3 Å². The highest BCUT2D eigenvalue weighted by Gasteiger charge is 2.27. The third kappa shape index (κ3) is 3.46. The van der Waals surface area contributed by atoms with Crippen LogP contribution >= 0.6 is 11.6 Å². The van der Waals surface area contributed by atoms with Gasteiger partial charge in [0, 0.05) is 30.7 Å². The Hall–Kier alpha value is -2.21. The van der Waals surface area contributed by atoms with E-state index in [9.17, 15) is 10.1 Å². The lowest BCUT2D eigenvalue weighted by atomic mass is 10.2. The second-order valence-electron chi connectivity index (χ2n) is 4.99. The van der Waals surface area contributed by atoms with Crippen molar-refractivity contribution in [3.63, 3.8) is 0 Å². The number of nitro groups is 1. The van der Waals surface area contributed by atoms with Crippen molar-refractivity contribution in [2.75, 3.05) is 5.32 Å². The molecule has 0 unspecified atom stereocenters. The van der Waals surface area contributed by atoms with Crippen molar-refractivity contribution in [3.05, 3.63) is 57.0 Å². The lowest BCUT2D eigenvalue weighted by Crippen LogP contribution is -2.04. The average Bonchev–Trinajstić information content (AvgIpc) is 3.29. The second kappa shape index (κ2) is 5.65. The van der Waals surface area contributed by atoms with Crippen molar-refractivity contribution in [2.45, 2.75) is 25.3 Å². The molecule has 1 N–H and O–H groups in total.